The summed E-state index contributed by atoms with van der Waals surface area (Å²) in [6, 6.07) is 7.74. The van der Waals surface area contributed by atoms with Crippen LogP contribution in [0.5, 0.6) is 5.75 Å². The van der Waals surface area contributed by atoms with Crippen molar-refractivity contribution >= 4 is 17.3 Å². The molecule has 150 valence electrons. The Hall–Kier alpha value is -2.94. The van der Waals surface area contributed by atoms with Gasteiger partial charge in [0.25, 0.3) is 0 Å². The Morgan fingerprint density at radius 2 is 1.96 bits per heavy atom. The first-order valence-electron chi connectivity index (χ1n) is 9.27. The van der Waals surface area contributed by atoms with Crippen molar-refractivity contribution in [2.45, 2.75) is 25.4 Å². The monoisotopic (exact) mass is 386 g/mol. The lowest BCUT2D eigenvalue weighted by atomic mass is 10.0. The Labute approximate surface area is 164 Å². The second-order valence-electron chi connectivity index (χ2n) is 7.00. The SMILES string of the molecule is COc1ccc(CNc2ncnc(N(C)C3CCN(C)CC3)c2[N+](=O)[O-])cc1. The van der Waals surface area contributed by atoms with Crippen LogP contribution in [0.1, 0.15) is 18.4 Å². The minimum atomic E-state index is -0.406. The molecule has 1 saturated heterocycles. The lowest BCUT2D eigenvalue weighted by Gasteiger charge is -2.35. The number of hydrogen-bond acceptors (Lipinski definition) is 8. The van der Waals surface area contributed by atoms with Crippen molar-refractivity contribution < 1.29 is 9.66 Å². The first-order valence-corrected chi connectivity index (χ1v) is 9.27. The minimum Gasteiger partial charge on any atom is -0.497 e. The maximum absolute atomic E-state index is 11.8. The minimum absolute atomic E-state index is 0.0857. The number of nitrogens with zero attached hydrogens (tertiary/aromatic N) is 5. The van der Waals surface area contributed by atoms with E-state index in [2.05, 4.69) is 27.2 Å². The lowest BCUT2D eigenvalue weighted by Crippen LogP contribution is -2.42. The van der Waals surface area contributed by atoms with Crippen molar-refractivity contribution in [1.82, 2.24) is 14.9 Å². The first-order chi connectivity index (χ1) is 13.5. The molecule has 1 aromatic heterocycles. The number of hydrogen-bond donors (Lipinski definition) is 1. The smallest absolute Gasteiger partial charge is 0.353 e. The van der Waals surface area contributed by atoms with Gasteiger partial charge in [-0.25, -0.2) is 9.97 Å². The fraction of sp³-hybridized carbons (Fsp3) is 0.474. The second-order valence-corrected chi connectivity index (χ2v) is 7.00. The highest BCUT2D eigenvalue weighted by molar-refractivity contribution is 5.70. The molecule has 0 atom stereocenters. The zero-order valence-electron chi connectivity index (χ0n) is 16.5. The molecule has 0 bridgehead atoms. The molecule has 1 aliphatic rings. The van der Waals surface area contributed by atoms with Gasteiger partial charge in [-0.05, 0) is 50.7 Å². The summed E-state index contributed by atoms with van der Waals surface area (Å²) < 4.78 is 5.15. The van der Waals surface area contributed by atoms with Crippen LogP contribution >= 0.6 is 0 Å². The maximum Gasteiger partial charge on any atom is 0.353 e. The van der Waals surface area contributed by atoms with Crippen LogP contribution < -0.4 is 15.0 Å². The number of ether oxygens (including phenoxy) is 1. The highest BCUT2D eigenvalue weighted by Crippen LogP contribution is 2.33. The first kappa shape index (κ1) is 19.8. The lowest BCUT2D eigenvalue weighted by molar-refractivity contribution is -0.383. The van der Waals surface area contributed by atoms with Crippen LogP contribution in [0, 0.1) is 10.1 Å². The second kappa shape index (κ2) is 8.83. The van der Waals surface area contributed by atoms with E-state index in [1.165, 1.54) is 6.33 Å². The van der Waals surface area contributed by atoms with E-state index in [1.807, 2.05) is 36.2 Å². The highest BCUT2D eigenvalue weighted by Gasteiger charge is 2.30. The van der Waals surface area contributed by atoms with Crippen LogP contribution in [-0.2, 0) is 6.54 Å². The Morgan fingerprint density at radius 1 is 1.29 bits per heavy atom. The highest BCUT2D eigenvalue weighted by atomic mass is 16.6. The molecule has 3 rings (SSSR count). The molecule has 9 heteroatoms. The van der Waals surface area contributed by atoms with E-state index in [9.17, 15) is 10.1 Å². The predicted molar refractivity (Wildman–Crippen MR) is 108 cm³/mol. The number of nitro groups is 1. The van der Waals surface area contributed by atoms with Crippen LogP contribution in [0.25, 0.3) is 0 Å². The molecule has 28 heavy (non-hydrogen) atoms. The largest absolute Gasteiger partial charge is 0.497 e. The third-order valence-electron chi connectivity index (χ3n) is 5.17. The molecular weight excluding hydrogens is 360 g/mol. The fourth-order valence-corrected chi connectivity index (χ4v) is 3.41. The normalized spacial score (nSPS) is 15.2. The molecule has 1 aromatic carbocycles. The molecule has 0 spiro atoms. The summed E-state index contributed by atoms with van der Waals surface area (Å²) in [6.07, 6.45) is 3.27. The molecule has 0 amide bonds. The van der Waals surface area contributed by atoms with Crippen molar-refractivity contribution in [3.8, 4) is 5.75 Å². The number of nitrogens with one attached hydrogen (secondary N) is 1. The van der Waals surface area contributed by atoms with Gasteiger partial charge in [0.2, 0.25) is 11.6 Å². The predicted octanol–water partition coefficient (Wildman–Crippen LogP) is 2.54. The Kier molecular flexibility index (Phi) is 6.25. The van der Waals surface area contributed by atoms with Gasteiger partial charge in [-0.3, -0.25) is 10.1 Å². The zero-order valence-corrected chi connectivity index (χ0v) is 16.5. The number of aromatic nitrogens is 2. The molecule has 0 unspecified atom stereocenters. The molecule has 0 aliphatic carbocycles. The van der Waals surface area contributed by atoms with Crippen LogP contribution in [-0.4, -0.2) is 60.1 Å². The van der Waals surface area contributed by atoms with Gasteiger partial charge in [0, 0.05) is 19.6 Å². The van der Waals surface area contributed by atoms with Crippen LogP contribution in [0.2, 0.25) is 0 Å². The molecule has 1 fully saturated rings. The summed E-state index contributed by atoms with van der Waals surface area (Å²) >= 11 is 0. The topological polar surface area (TPSA) is 96.7 Å². The number of likely N-dealkylation sites (tertiary alicyclic amines) is 1. The summed E-state index contributed by atoms with van der Waals surface area (Å²) in [5.41, 5.74) is 0.886. The molecule has 2 heterocycles. The van der Waals surface area contributed by atoms with Gasteiger partial charge in [-0.2, -0.15) is 0 Å². The summed E-state index contributed by atoms with van der Waals surface area (Å²) in [6.45, 7) is 2.35. The third kappa shape index (κ3) is 4.48. The molecule has 1 N–H and O–H groups in total. The average molecular weight is 386 g/mol. The quantitative estimate of drug-likeness (QED) is 0.573. The summed E-state index contributed by atoms with van der Waals surface area (Å²) in [4.78, 5) is 24.0. The van der Waals surface area contributed by atoms with E-state index in [1.54, 1.807) is 7.11 Å². The van der Waals surface area contributed by atoms with Crippen molar-refractivity contribution in [2.75, 3.05) is 44.5 Å². The molecule has 0 radical (unpaired) electrons. The zero-order chi connectivity index (χ0) is 20.1. The van der Waals surface area contributed by atoms with Crippen molar-refractivity contribution in [3.63, 3.8) is 0 Å². The average Bonchev–Trinajstić information content (AvgIpc) is 2.72. The van der Waals surface area contributed by atoms with E-state index >= 15 is 0 Å². The van der Waals surface area contributed by atoms with Crippen LogP contribution in [0.4, 0.5) is 17.3 Å². The van der Waals surface area contributed by atoms with Gasteiger partial charge in [-0.1, -0.05) is 12.1 Å². The van der Waals surface area contributed by atoms with E-state index in [0.717, 1.165) is 37.2 Å². The van der Waals surface area contributed by atoms with Gasteiger partial charge in [0.15, 0.2) is 0 Å². The molecule has 1 aliphatic heterocycles. The number of anilines is 2. The van der Waals surface area contributed by atoms with Crippen LogP contribution in [0.3, 0.4) is 0 Å². The van der Waals surface area contributed by atoms with Crippen LogP contribution in [0.15, 0.2) is 30.6 Å². The summed E-state index contributed by atoms with van der Waals surface area (Å²) in [5, 5.41) is 14.9. The standard InChI is InChI=1S/C19H26N6O3/c1-23-10-8-15(9-11-23)24(2)19-17(25(26)27)18(21-13-22-19)20-12-14-4-6-16(28-3)7-5-14/h4-7,13,15H,8-12H2,1-3H3,(H,20,21,22). The van der Waals surface area contributed by atoms with Crippen molar-refractivity contribution in [2.24, 2.45) is 0 Å². The van der Waals surface area contributed by atoms with Gasteiger partial charge in [0.05, 0.1) is 12.0 Å². The number of benzene rings is 1. The van der Waals surface area contributed by atoms with E-state index in [4.69, 9.17) is 4.74 Å². The Bertz CT molecular complexity index is 806. The summed E-state index contributed by atoms with van der Waals surface area (Å²) in [5.74, 6) is 1.34. The number of piperidine rings is 1. The molecular formula is C19H26N6O3. The van der Waals surface area contributed by atoms with Gasteiger partial charge < -0.3 is 19.9 Å². The Balaban J connectivity index is 1.79. The molecule has 2 aromatic rings. The maximum atomic E-state index is 11.8. The van der Waals surface area contributed by atoms with Gasteiger partial charge in [0.1, 0.15) is 12.1 Å². The number of methoxy groups -OCH3 is 1. The van der Waals surface area contributed by atoms with Crippen molar-refractivity contribution in [1.29, 1.82) is 0 Å². The van der Waals surface area contributed by atoms with E-state index in [-0.39, 0.29) is 17.5 Å². The molecule has 9 nitrogen and oxygen atoms in total. The Morgan fingerprint density at radius 3 is 2.57 bits per heavy atom. The summed E-state index contributed by atoms with van der Waals surface area (Å²) in [7, 11) is 5.57. The van der Waals surface area contributed by atoms with Gasteiger partial charge in [-0.15, -0.1) is 0 Å². The van der Waals surface area contributed by atoms with E-state index < -0.39 is 4.92 Å². The fourth-order valence-electron chi connectivity index (χ4n) is 3.41. The van der Waals surface area contributed by atoms with E-state index in [0.29, 0.717) is 12.4 Å². The van der Waals surface area contributed by atoms with Crippen molar-refractivity contribution in [3.05, 3.63) is 46.3 Å². The third-order valence-corrected chi connectivity index (χ3v) is 5.17. The molecule has 0 saturated carbocycles. The number of rotatable bonds is 7. The van der Waals surface area contributed by atoms with Gasteiger partial charge >= 0.3 is 5.69 Å².